The number of alkyl halides is 3. The van der Waals surface area contributed by atoms with Crippen LogP contribution < -0.4 is 5.32 Å². The predicted molar refractivity (Wildman–Crippen MR) is 79.8 cm³/mol. The van der Waals surface area contributed by atoms with Crippen molar-refractivity contribution in [2.24, 2.45) is 0 Å². The van der Waals surface area contributed by atoms with Gasteiger partial charge in [0.15, 0.2) is 0 Å². The molecule has 23 heavy (non-hydrogen) atoms. The van der Waals surface area contributed by atoms with Gasteiger partial charge in [0.2, 0.25) is 5.91 Å². The molecule has 1 N–H and O–H groups in total. The number of amides is 1. The first-order valence-electron chi connectivity index (χ1n) is 7.68. The predicted octanol–water partition coefficient (Wildman–Crippen LogP) is 2.43. The van der Waals surface area contributed by atoms with Crippen LogP contribution in [0.15, 0.2) is 24.3 Å². The molecular weight excluding hydrogens is 309 g/mol. The van der Waals surface area contributed by atoms with Gasteiger partial charge in [0.1, 0.15) is 0 Å². The summed E-state index contributed by atoms with van der Waals surface area (Å²) in [6, 6.07) is 5.17. The average molecular weight is 330 g/mol. The Hall–Kier alpha value is -1.60. The molecule has 1 heterocycles. The molecule has 2 rings (SSSR count). The van der Waals surface area contributed by atoms with E-state index in [1.165, 1.54) is 12.1 Å². The van der Waals surface area contributed by atoms with Gasteiger partial charge in [0.05, 0.1) is 12.2 Å². The standard InChI is InChI=1S/C16H21F3N2O2/c17-16(18,19)14-4-2-13(3-5-14)12-21-8-1-10-23-11-7-20-15(22)6-9-21/h2-5H,1,6-12H2,(H,20,22). The molecule has 1 fully saturated rings. The summed E-state index contributed by atoms with van der Waals surface area (Å²) in [5.41, 5.74) is 0.153. The van der Waals surface area contributed by atoms with Crippen LogP contribution in [0.3, 0.4) is 0 Å². The van der Waals surface area contributed by atoms with Crippen LogP contribution in [0.2, 0.25) is 0 Å². The summed E-state index contributed by atoms with van der Waals surface area (Å²) in [5.74, 6) is -0.0343. The van der Waals surface area contributed by atoms with Crippen LogP contribution >= 0.6 is 0 Å². The fourth-order valence-corrected chi connectivity index (χ4v) is 2.43. The van der Waals surface area contributed by atoms with Crippen molar-refractivity contribution in [2.45, 2.75) is 25.6 Å². The molecule has 128 valence electrons. The lowest BCUT2D eigenvalue weighted by atomic mass is 10.1. The van der Waals surface area contributed by atoms with Crippen LogP contribution in [0.4, 0.5) is 13.2 Å². The number of carbonyl (C=O) groups is 1. The van der Waals surface area contributed by atoms with E-state index in [0.29, 0.717) is 39.3 Å². The molecule has 1 aromatic carbocycles. The number of nitrogens with zero attached hydrogens (tertiary/aromatic N) is 1. The lowest BCUT2D eigenvalue weighted by Gasteiger charge is -2.22. The summed E-state index contributed by atoms with van der Waals surface area (Å²) in [6.07, 6.45) is -3.11. The molecule has 7 heteroatoms. The fourth-order valence-electron chi connectivity index (χ4n) is 2.43. The smallest absolute Gasteiger partial charge is 0.380 e. The Morgan fingerprint density at radius 3 is 2.57 bits per heavy atom. The van der Waals surface area contributed by atoms with Gasteiger partial charge < -0.3 is 10.1 Å². The van der Waals surface area contributed by atoms with Gasteiger partial charge in [-0.25, -0.2) is 0 Å². The van der Waals surface area contributed by atoms with Gasteiger partial charge in [-0.05, 0) is 24.1 Å². The Balaban J connectivity index is 1.96. The van der Waals surface area contributed by atoms with Crippen molar-refractivity contribution in [1.82, 2.24) is 10.2 Å². The van der Waals surface area contributed by atoms with E-state index >= 15 is 0 Å². The first kappa shape index (κ1) is 17.7. The van der Waals surface area contributed by atoms with E-state index in [0.717, 1.165) is 30.7 Å². The highest BCUT2D eigenvalue weighted by atomic mass is 19.4. The van der Waals surface area contributed by atoms with Gasteiger partial charge in [-0.2, -0.15) is 13.2 Å². The van der Waals surface area contributed by atoms with Gasteiger partial charge in [-0.15, -0.1) is 0 Å². The monoisotopic (exact) mass is 330 g/mol. The molecule has 0 saturated carbocycles. The molecule has 1 aliphatic heterocycles. The Labute approximate surface area is 133 Å². The summed E-state index contributed by atoms with van der Waals surface area (Å²) in [7, 11) is 0. The van der Waals surface area contributed by atoms with Crippen molar-refractivity contribution in [2.75, 3.05) is 32.8 Å². The molecule has 0 bridgehead atoms. The van der Waals surface area contributed by atoms with Crippen LogP contribution in [0.5, 0.6) is 0 Å². The van der Waals surface area contributed by atoms with Gasteiger partial charge in [0.25, 0.3) is 0 Å². The third-order valence-electron chi connectivity index (χ3n) is 3.67. The number of halogens is 3. The van der Waals surface area contributed by atoms with Gasteiger partial charge in [0, 0.05) is 39.2 Å². The molecule has 1 amide bonds. The van der Waals surface area contributed by atoms with Crippen molar-refractivity contribution in [3.05, 3.63) is 35.4 Å². The second-order valence-corrected chi connectivity index (χ2v) is 5.54. The van der Waals surface area contributed by atoms with E-state index in [1.807, 2.05) is 0 Å². The minimum Gasteiger partial charge on any atom is -0.380 e. The summed E-state index contributed by atoms with van der Waals surface area (Å²) in [4.78, 5) is 13.7. The number of hydrogen-bond donors (Lipinski definition) is 1. The van der Waals surface area contributed by atoms with Crippen molar-refractivity contribution < 1.29 is 22.7 Å². The number of benzene rings is 1. The summed E-state index contributed by atoms with van der Waals surface area (Å²) in [6.45, 7) is 3.47. The zero-order chi connectivity index (χ0) is 16.7. The Morgan fingerprint density at radius 1 is 1.13 bits per heavy atom. The van der Waals surface area contributed by atoms with E-state index in [1.54, 1.807) is 0 Å². The van der Waals surface area contributed by atoms with Crippen LogP contribution in [-0.2, 0) is 22.3 Å². The Morgan fingerprint density at radius 2 is 1.87 bits per heavy atom. The molecule has 0 radical (unpaired) electrons. The molecular formula is C16H21F3N2O2. The van der Waals surface area contributed by atoms with E-state index in [4.69, 9.17) is 4.74 Å². The van der Waals surface area contributed by atoms with E-state index in [2.05, 4.69) is 10.2 Å². The third kappa shape index (κ3) is 6.19. The molecule has 1 aliphatic rings. The quantitative estimate of drug-likeness (QED) is 0.906. The number of carbonyl (C=O) groups excluding carboxylic acids is 1. The van der Waals surface area contributed by atoms with Crippen molar-refractivity contribution in [3.8, 4) is 0 Å². The first-order chi connectivity index (χ1) is 10.9. The number of ether oxygens (including phenoxy) is 1. The maximum absolute atomic E-state index is 12.6. The molecule has 0 unspecified atom stereocenters. The first-order valence-corrected chi connectivity index (χ1v) is 7.68. The second kappa shape index (κ2) is 8.31. The molecule has 0 atom stereocenters. The molecule has 4 nitrogen and oxygen atoms in total. The van der Waals surface area contributed by atoms with Crippen LogP contribution in [-0.4, -0.2) is 43.7 Å². The zero-order valence-electron chi connectivity index (χ0n) is 12.9. The average Bonchev–Trinajstić information content (AvgIpc) is 2.54. The maximum Gasteiger partial charge on any atom is 0.416 e. The van der Waals surface area contributed by atoms with E-state index < -0.39 is 11.7 Å². The van der Waals surface area contributed by atoms with E-state index in [-0.39, 0.29) is 5.91 Å². The second-order valence-electron chi connectivity index (χ2n) is 5.54. The lowest BCUT2D eigenvalue weighted by Crippen LogP contribution is -2.31. The Bertz CT molecular complexity index is 503. The van der Waals surface area contributed by atoms with Crippen LogP contribution in [0.25, 0.3) is 0 Å². The SMILES string of the molecule is O=C1CCN(Cc2ccc(C(F)(F)F)cc2)CCCOCCN1. The number of nitrogens with one attached hydrogen (secondary N) is 1. The molecule has 0 aromatic heterocycles. The number of rotatable bonds is 2. The summed E-state index contributed by atoms with van der Waals surface area (Å²) < 4.78 is 43.1. The molecule has 0 aliphatic carbocycles. The van der Waals surface area contributed by atoms with Crippen LogP contribution in [0.1, 0.15) is 24.0 Å². The fraction of sp³-hybridized carbons (Fsp3) is 0.562. The number of hydrogen-bond acceptors (Lipinski definition) is 3. The third-order valence-corrected chi connectivity index (χ3v) is 3.67. The normalized spacial score (nSPS) is 19.0. The van der Waals surface area contributed by atoms with Crippen molar-refractivity contribution >= 4 is 5.91 Å². The Kier molecular flexibility index (Phi) is 6.41. The zero-order valence-corrected chi connectivity index (χ0v) is 12.9. The summed E-state index contributed by atoms with van der Waals surface area (Å²) in [5, 5.41) is 2.77. The highest BCUT2D eigenvalue weighted by Gasteiger charge is 2.29. The summed E-state index contributed by atoms with van der Waals surface area (Å²) >= 11 is 0. The molecule has 0 spiro atoms. The highest BCUT2D eigenvalue weighted by molar-refractivity contribution is 5.76. The van der Waals surface area contributed by atoms with Crippen molar-refractivity contribution in [3.63, 3.8) is 0 Å². The van der Waals surface area contributed by atoms with Gasteiger partial charge in [-0.1, -0.05) is 12.1 Å². The minimum atomic E-state index is -4.32. The minimum absolute atomic E-state index is 0.0343. The lowest BCUT2D eigenvalue weighted by molar-refractivity contribution is -0.137. The largest absolute Gasteiger partial charge is 0.416 e. The van der Waals surface area contributed by atoms with E-state index in [9.17, 15) is 18.0 Å². The molecule has 1 aromatic rings. The topological polar surface area (TPSA) is 41.6 Å². The van der Waals surface area contributed by atoms with Crippen molar-refractivity contribution in [1.29, 1.82) is 0 Å². The van der Waals surface area contributed by atoms with Crippen LogP contribution in [0, 0.1) is 0 Å². The molecule has 1 saturated heterocycles. The highest BCUT2D eigenvalue weighted by Crippen LogP contribution is 2.29. The maximum atomic E-state index is 12.6. The van der Waals surface area contributed by atoms with Gasteiger partial charge in [-0.3, -0.25) is 9.69 Å². The van der Waals surface area contributed by atoms with Gasteiger partial charge >= 0.3 is 6.18 Å².